The van der Waals surface area contributed by atoms with Gasteiger partial charge in [-0.2, -0.15) is 0 Å². The van der Waals surface area contributed by atoms with Gasteiger partial charge in [-0.1, -0.05) is 40.9 Å². The normalized spacial score (nSPS) is 14.6. The van der Waals surface area contributed by atoms with Crippen molar-refractivity contribution in [3.63, 3.8) is 0 Å². The predicted molar refractivity (Wildman–Crippen MR) is 105 cm³/mol. The molecule has 7 heteroatoms. The first-order valence-corrected chi connectivity index (χ1v) is 9.09. The highest BCUT2D eigenvalue weighted by Gasteiger charge is 2.22. The minimum absolute atomic E-state index is 0.112. The molecule has 0 aromatic heterocycles. The SMILES string of the molecule is Cc1ccc(Cl)cc1NC(=O)N1CCN(c2ccc(Cl)c(Cl)c2)CC1. The Morgan fingerprint density at radius 2 is 1.68 bits per heavy atom. The van der Waals surface area contributed by atoms with Crippen LogP contribution in [0, 0.1) is 6.92 Å². The number of rotatable bonds is 2. The largest absolute Gasteiger partial charge is 0.368 e. The number of urea groups is 1. The summed E-state index contributed by atoms with van der Waals surface area (Å²) < 4.78 is 0. The molecule has 1 saturated heterocycles. The first-order chi connectivity index (χ1) is 11.9. The van der Waals surface area contributed by atoms with Gasteiger partial charge in [-0.15, -0.1) is 0 Å². The van der Waals surface area contributed by atoms with Gasteiger partial charge in [0.25, 0.3) is 0 Å². The van der Waals surface area contributed by atoms with Gasteiger partial charge in [-0.3, -0.25) is 0 Å². The summed E-state index contributed by atoms with van der Waals surface area (Å²) in [6, 6.07) is 10.9. The van der Waals surface area contributed by atoms with E-state index in [1.165, 1.54) is 0 Å². The van der Waals surface area contributed by atoms with E-state index in [0.29, 0.717) is 28.2 Å². The van der Waals surface area contributed by atoms with E-state index in [0.717, 1.165) is 30.0 Å². The summed E-state index contributed by atoms with van der Waals surface area (Å²) in [5.41, 5.74) is 2.73. The van der Waals surface area contributed by atoms with E-state index in [-0.39, 0.29) is 6.03 Å². The monoisotopic (exact) mass is 397 g/mol. The van der Waals surface area contributed by atoms with Crippen LogP contribution in [0.4, 0.5) is 16.2 Å². The standard InChI is InChI=1S/C18H18Cl3N3O/c1-12-2-3-13(19)10-17(12)22-18(25)24-8-6-23(7-9-24)14-4-5-15(20)16(21)11-14/h2-5,10-11H,6-9H2,1H3,(H,22,25). The molecule has 1 heterocycles. The number of nitrogens with zero attached hydrogens (tertiary/aromatic N) is 2. The van der Waals surface area contributed by atoms with E-state index in [1.807, 2.05) is 31.2 Å². The molecule has 2 aromatic rings. The van der Waals surface area contributed by atoms with Gasteiger partial charge in [0.15, 0.2) is 0 Å². The van der Waals surface area contributed by atoms with Crippen LogP contribution in [0.25, 0.3) is 0 Å². The second kappa shape index (κ2) is 7.73. The number of aryl methyl sites for hydroxylation is 1. The van der Waals surface area contributed by atoms with Crippen molar-refractivity contribution in [2.24, 2.45) is 0 Å². The number of halogens is 3. The lowest BCUT2D eigenvalue weighted by Gasteiger charge is -2.36. The summed E-state index contributed by atoms with van der Waals surface area (Å²) in [4.78, 5) is 16.5. The highest BCUT2D eigenvalue weighted by atomic mass is 35.5. The zero-order chi connectivity index (χ0) is 18.0. The quantitative estimate of drug-likeness (QED) is 0.744. The lowest BCUT2D eigenvalue weighted by molar-refractivity contribution is 0.208. The first kappa shape index (κ1) is 18.2. The van der Waals surface area contributed by atoms with Crippen LogP contribution in [0.3, 0.4) is 0 Å². The molecule has 0 aliphatic carbocycles. The molecule has 25 heavy (non-hydrogen) atoms. The Morgan fingerprint density at radius 3 is 2.36 bits per heavy atom. The van der Waals surface area contributed by atoms with Crippen molar-refractivity contribution >= 4 is 52.2 Å². The third-order valence-corrected chi connectivity index (χ3v) is 5.25. The van der Waals surface area contributed by atoms with Crippen LogP contribution in [0.5, 0.6) is 0 Å². The summed E-state index contributed by atoms with van der Waals surface area (Å²) in [7, 11) is 0. The van der Waals surface area contributed by atoms with Gasteiger partial charge in [-0.25, -0.2) is 4.79 Å². The molecule has 0 spiro atoms. The molecule has 1 fully saturated rings. The minimum atomic E-state index is -0.112. The Labute approximate surface area is 162 Å². The highest BCUT2D eigenvalue weighted by molar-refractivity contribution is 6.42. The summed E-state index contributed by atoms with van der Waals surface area (Å²) >= 11 is 18.1. The van der Waals surface area contributed by atoms with Gasteiger partial charge >= 0.3 is 6.03 Å². The number of benzene rings is 2. The zero-order valence-corrected chi connectivity index (χ0v) is 16.0. The van der Waals surface area contributed by atoms with Crippen molar-refractivity contribution < 1.29 is 4.79 Å². The average Bonchev–Trinajstić information content (AvgIpc) is 2.60. The number of hydrogen-bond donors (Lipinski definition) is 1. The molecule has 1 aliphatic rings. The number of nitrogens with one attached hydrogen (secondary N) is 1. The van der Waals surface area contributed by atoms with Crippen LogP contribution in [0.2, 0.25) is 15.1 Å². The van der Waals surface area contributed by atoms with Crippen molar-refractivity contribution in [1.82, 2.24) is 4.90 Å². The summed E-state index contributed by atoms with van der Waals surface area (Å²) in [6.07, 6.45) is 0. The van der Waals surface area contributed by atoms with Crippen LogP contribution < -0.4 is 10.2 Å². The van der Waals surface area contributed by atoms with Crippen LogP contribution in [-0.4, -0.2) is 37.1 Å². The molecule has 0 atom stereocenters. The first-order valence-electron chi connectivity index (χ1n) is 7.96. The second-order valence-corrected chi connectivity index (χ2v) is 7.21. The Morgan fingerprint density at radius 1 is 0.960 bits per heavy atom. The van der Waals surface area contributed by atoms with Crippen LogP contribution in [-0.2, 0) is 0 Å². The lowest BCUT2D eigenvalue weighted by Crippen LogP contribution is -2.50. The summed E-state index contributed by atoms with van der Waals surface area (Å²) in [5.74, 6) is 0. The van der Waals surface area contributed by atoms with E-state index in [9.17, 15) is 4.79 Å². The average molecular weight is 399 g/mol. The maximum Gasteiger partial charge on any atom is 0.321 e. The topological polar surface area (TPSA) is 35.6 Å². The molecule has 2 aromatic carbocycles. The number of anilines is 2. The van der Waals surface area contributed by atoms with Crippen molar-refractivity contribution in [2.45, 2.75) is 6.92 Å². The zero-order valence-electron chi connectivity index (χ0n) is 13.7. The molecule has 0 saturated carbocycles. The van der Waals surface area contributed by atoms with E-state index in [1.54, 1.807) is 17.0 Å². The van der Waals surface area contributed by atoms with Gasteiger partial charge in [-0.05, 0) is 42.8 Å². The number of piperazine rings is 1. The third kappa shape index (κ3) is 4.32. The summed E-state index contributed by atoms with van der Waals surface area (Å²) in [6.45, 7) is 4.67. The predicted octanol–water partition coefficient (Wildman–Crippen LogP) is 5.31. The maximum atomic E-state index is 12.5. The molecule has 3 rings (SSSR count). The molecule has 1 N–H and O–H groups in total. The number of hydrogen-bond acceptors (Lipinski definition) is 2. The van der Waals surface area contributed by atoms with Crippen LogP contribution >= 0.6 is 34.8 Å². The van der Waals surface area contributed by atoms with Gasteiger partial charge in [0.2, 0.25) is 0 Å². The van der Waals surface area contributed by atoms with Gasteiger partial charge in [0.05, 0.1) is 10.0 Å². The third-order valence-electron chi connectivity index (χ3n) is 4.28. The van der Waals surface area contributed by atoms with E-state index >= 15 is 0 Å². The van der Waals surface area contributed by atoms with Crippen molar-refractivity contribution in [3.8, 4) is 0 Å². The molecular formula is C18H18Cl3N3O. The Kier molecular flexibility index (Phi) is 5.62. The van der Waals surface area contributed by atoms with E-state index in [2.05, 4.69) is 10.2 Å². The lowest BCUT2D eigenvalue weighted by atomic mass is 10.2. The molecule has 0 unspecified atom stereocenters. The van der Waals surface area contributed by atoms with E-state index < -0.39 is 0 Å². The second-order valence-electron chi connectivity index (χ2n) is 5.96. The molecule has 4 nitrogen and oxygen atoms in total. The fraction of sp³-hybridized carbons (Fsp3) is 0.278. The van der Waals surface area contributed by atoms with Gasteiger partial charge < -0.3 is 15.1 Å². The maximum absolute atomic E-state index is 12.5. The number of carbonyl (C=O) groups excluding carboxylic acids is 1. The highest BCUT2D eigenvalue weighted by Crippen LogP contribution is 2.28. The minimum Gasteiger partial charge on any atom is -0.368 e. The van der Waals surface area contributed by atoms with Crippen molar-refractivity contribution in [2.75, 3.05) is 36.4 Å². The summed E-state index contributed by atoms with van der Waals surface area (Å²) in [5, 5.41) is 4.62. The molecule has 1 aliphatic heterocycles. The van der Waals surface area contributed by atoms with Crippen molar-refractivity contribution in [3.05, 3.63) is 57.0 Å². The Hall–Kier alpha value is -1.62. The van der Waals surface area contributed by atoms with Crippen LogP contribution in [0.1, 0.15) is 5.56 Å². The smallest absolute Gasteiger partial charge is 0.321 e. The Bertz CT molecular complexity index is 789. The molecule has 0 bridgehead atoms. The van der Waals surface area contributed by atoms with E-state index in [4.69, 9.17) is 34.8 Å². The van der Waals surface area contributed by atoms with Gasteiger partial charge in [0.1, 0.15) is 0 Å². The Balaban J connectivity index is 1.60. The fourth-order valence-corrected chi connectivity index (χ4v) is 3.24. The van der Waals surface area contributed by atoms with Crippen LogP contribution in [0.15, 0.2) is 36.4 Å². The number of carbonyl (C=O) groups is 1. The molecule has 0 radical (unpaired) electrons. The fourth-order valence-electron chi connectivity index (χ4n) is 2.77. The molecular weight excluding hydrogens is 381 g/mol. The number of amides is 2. The van der Waals surface area contributed by atoms with Gasteiger partial charge in [0, 0.05) is 42.6 Å². The van der Waals surface area contributed by atoms with Crippen molar-refractivity contribution in [1.29, 1.82) is 0 Å². The molecule has 132 valence electrons. The molecule has 2 amide bonds.